The van der Waals surface area contributed by atoms with Crippen LogP contribution in [0, 0.1) is 0 Å². The van der Waals surface area contributed by atoms with Gasteiger partial charge in [-0.15, -0.1) is 0 Å². The molecule has 106 valence electrons. The van der Waals surface area contributed by atoms with Crippen molar-refractivity contribution in [2.24, 2.45) is 0 Å². The molecule has 1 rings (SSSR count). The smallest absolute Gasteiger partial charge is 0.238 e. The lowest BCUT2D eigenvalue weighted by molar-refractivity contribution is -0.117. The molecule has 5 nitrogen and oxygen atoms in total. The van der Waals surface area contributed by atoms with Gasteiger partial charge in [0.1, 0.15) is 5.75 Å². The topological polar surface area (TPSA) is 61.8 Å². The van der Waals surface area contributed by atoms with Crippen molar-refractivity contribution in [2.75, 3.05) is 38.7 Å². The first-order valence-corrected chi connectivity index (χ1v) is 6.47. The molecule has 0 aromatic heterocycles. The molecular weight excluding hydrogens is 244 g/mol. The van der Waals surface area contributed by atoms with Gasteiger partial charge >= 0.3 is 0 Å². The number of nitrogens with one attached hydrogen (secondary N) is 1. The average Bonchev–Trinajstić information content (AvgIpc) is 2.40. The molecule has 0 radical (unpaired) electrons. The number of benzene rings is 1. The maximum absolute atomic E-state index is 12.0. The molecule has 0 aliphatic rings. The molecule has 0 fully saturated rings. The third-order valence-corrected chi connectivity index (χ3v) is 2.70. The normalized spacial score (nSPS) is 10.5. The van der Waals surface area contributed by atoms with Gasteiger partial charge in [0, 0.05) is 6.54 Å². The summed E-state index contributed by atoms with van der Waals surface area (Å²) in [6, 6.07) is 7.29. The highest BCUT2D eigenvalue weighted by Gasteiger charge is 2.11. The predicted octanol–water partition coefficient (Wildman–Crippen LogP) is 1.34. The molecule has 2 N–H and O–H groups in total. The van der Waals surface area contributed by atoms with E-state index in [2.05, 4.69) is 5.32 Å². The summed E-state index contributed by atoms with van der Waals surface area (Å²) >= 11 is 0. The van der Waals surface area contributed by atoms with Crippen LogP contribution in [0.25, 0.3) is 0 Å². The highest BCUT2D eigenvalue weighted by atomic mass is 16.5. The minimum atomic E-state index is -0.105. The molecule has 0 saturated heterocycles. The van der Waals surface area contributed by atoms with Crippen LogP contribution in [0.15, 0.2) is 24.3 Å². The summed E-state index contributed by atoms with van der Waals surface area (Å²) in [5.74, 6) is 0.534. The van der Waals surface area contributed by atoms with E-state index in [0.29, 0.717) is 18.0 Å². The monoisotopic (exact) mass is 266 g/mol. The van der Waals surface area contributed by atoms with Crippen LogP contribution in [0.5, 0.6) is 5.75 Å². The molecule has 0 saturated carbocycles. The van der Waals surface area contributed by atoms with Crippen molar-refractivity contribution >= 4 is 11.6 Å². The number of aliphatic hydroxyl groups is 1. The Hall–Kier alpha value is -1.59. The van der Waals surface area contributed by atoms with Crippen molar-refractivity contribution in [3.05, 3.63) is 24.3 Å². The first-order valence-electron chi connectivity index (χ1n) is 6.47. The molecular formula is C14H22N2O3. The van der Waals surface area contributed by atoms with Gasteiger partial charge in [-0.1, -0.05) is 19.1 Å². The van der Waals surface area contributed by atoms with Crippen LogP contribution in [0.2, 0.25) is 0 Å². The SMILES string of the molecule is CCCN(CCO)CC(=O)Nc1ccccc1OC. The zero-order valence-corrected chi connectivity index (χ0v) is 11.6. The summed E-state index contributed by atoms with van der Waals surface area (Å²) in [7, 11) is 1.57. The lowest BCUT2D eigenvalue weighted by atomic mass is 10.3. The first-order chi connectivity index (χ1) is 9.21. The lowest BCUT2D eigenvalue weighted by Gasteiger charge is -2.20. The van der Waals surface area contributed by atoms with Gasteiger partial charge in [0.05, 0.1) is 25.9 Å². The molecule has 0 bridgehead atoms. The molecule has 1 amide bonds. The van der Waals surface area contributed by atoms with Crippen LogP contribution in [0.4, 0.5) is 5.69 Å². The molecule has 0 heterocycles. The second-order valence-corrected chi connectivity index (χ2v) is 4.25. The zero-order chi connectivity index (χ0) is 14.1. The fourth-order valence-electron chi connectivity index (χ4n) is 1.87. The van der Waals surface area contributed by atoms with E-state index in [1.165, 1.54) is 0 Å². The number of hydrogen-bond donors (Lipinski definition) is 2. The van der Waals surface area contributed by atoms with Crippen molar-refractivity contribution in [3.8, 4) is 5.75 Å². The summed E-state index contributed by atoms with van der Waals surface area (Å²) in [6.45, 7) is 3.67. The Balaban J connectivity index is 2.58. The minimum Gasteiger partial charge on any atom is -0.495 e. The number of ether oxygens (including phenoxy) is 1. The fraction of sp³-hybridized carbons (Fsp3) is 0.500. The number of carbonyl (C=O) groups excluding carboxylic acids is 1. The second kappa shape index (κ2) is 8.50. The van der Waals surface area contributed by atoms with Crippen LogP contribution in [-0.4, -0.2) is 49.3 Å². The molecule has 0 aliphatic heterocycles. The van der Waals surface area contributed by atoms with Gasteiger partial charge in [0.15, 0.2) is 0 Å². The number of aliphatic hydroxyl groups excluding tert-OH is 1. The molecule has 0 spiro atoms. The Labute approximate surface area is 114 Å². The van der Waals surface area contributed by atoms with E-state index in [-0.39, 0.29) is 19.1 Å². The van der Waals surface area contributed by atoms with Crippen LogP contribution >= 0.6 is 0 Å². The quantitative estimate of drug-likeness (QED) is 0.745. The van der Waals surface area contributed by atoms with E-state index in [9.17, 15) is 4.79 Å². The van der Waals surface area contributed by atoms with Crippen LogP contribution in [0.1, 0.15) is 13.3 Å². The number of rotatable bonds is 8. The van der Waals surface area contributed by atoms with E-state index in [0.717, 1.165) is 13.0 Å². The van der Waals surface area contributed by atoms with E-state index < -0.39 is 0 Å². The summed E-state index contributed by atoms with van der Waals surface area (Å²) in [5.41, 5.74) is 0.662. The van der Waals surface area contributed by atoms with Gasteiger partial charge in [-0.25, -0.2) is 0 Å². The Kier molecular flexibility index (Phi) is 6.92. The molecule has 19 heavy (non-hydrogen) atoms. The molecule has 0 atom stereocenters. The van der Waals surface area contributed by atoms with Crippen molar-refractivity contribution in [3.63, 3.8) is 0 Å². The summed E-state index contributed by atoms with van der Waals surface area (Å²) < 4.78 is 5.18. The number of para-hydroxylation sites is 2. The minimum absolute atomic E-state index is 0.0575. The Morgan fingerprint density at radius 1 is 1.37 bits per heavy atom. The van der Waals surface area contributed by atoms with Crippen LogP contribution in [-0.2, 0) is 4.79 Å². The molecule has 1 aromatic rings. The standard InChI is InChI=1S/C14H22N2O3/c1-3-8-16(9-10-17)11-14(18)15-12-6-4-5-7-13(12)19-2/h4-7,17H,3,8-11H2,1-2H3,(H,15,18). The van der Waals surface area contributed by atoms with Gasteiger partial charge in [-0.2, -0.15) is 0 Å². The maximum atomic E-state index is 12.0. The Bertz CT molecular complexity index is 390. The lowest BCUT2D eigenvalue weighted by Crippen LogP contribution is -2.35. The number of anilines is 1. The molecule has 0 unspecified atom stereocenters. The zero-order valence-electron chi connectivity index (χ0n) is 11.6. The van der Waals surface area contributed by atoms with Crippen LogP contribution in [0.3, 0.4) is 0 Å². The van der Waals surface area contributed by atoms with Crippen molar-refractivity contribution < 1.29 is 14.6 Å². The number of carbonyl (C=O) groups is 1. The number of hydrogen-bond acceptors (Lipinski definition) is 4. The summed E-state index contributed by atoms with van der Waals surface area (Å²) in [4.78, 5) is 13.9. The average molecular weight is 266 g/mol. The second-order valence-electron chi connectivity index (χ2n) is 4.25. The number of amides is 1. The number of methoxy groups -OCH3 is 1. The van der Waals surface area contributed by atoms with Gasteiger partial charge in [0.25, 0.3) is 0 Å². The van der Waals surface area contributed by atoms with E-state index in [1.807, 2.05) is 24.0 Å². The van der Waals surface area contributed by atoms with Crippen molar-refractivity contribution in [1.82, 2.24) is 4.90 Å². The van der Waals surface area contributed by atoms with Crippen molar-refractivity contribution in [2.45, 2.75) is 13.3 Å². The van der Waals surface area contributed by atoms with Gasteiger partial charge in [-0.3, -0.25) is 9.69 Å². The van der Waals surface area contributed by atoms with Crippen molar-refractivity contribution in [1.29, 1.82) is 0 Å². The fourth-order valence-corrected chi connectivity index (χ4v) is 1.87. The maximum Gasteiger partial charge on any atom is 0.238 e. The van der Waals surface area contributed by atoms with Gasteiger partial charge < -0.3 is 15.2 Å². The summed E-state index contributed by atoms with van der Waals surface area (Å²) in [5, 5.41) is 11.8. The third kappa shape index (κ3) is 5.28. The third-order valence-electron chi connectivity index (χ3n) is 2.70. The van der Waals surface area contributed by atoms with Gasteiger partial charge in [-0.05, 0) is 25.1 Å². The van der Waals surface area contributed by atoms with E-state index in [1.54, 1.807) is 19.2 Å². The van der Waals surface area contributed by atoms with Crippen LogP contribution < -0.4 is 10.1 Å². The van der Waals surface area contributed by atoms with E-state index >= 15 is 0 Å². The largest absolute Gasteiger partial charge is 0.495 e. The Morgan fingerprint density at radius 3 is 2.74 bits per heavy atom. The molecule has 5 heteroatoms. The predicted molar refractivity (Wildman–Crippen MR) is 75.4 cm³/mol. The molecule has 0 aliphatic carbocycles. The van der Waals surface area contributed by atoms with E-state index in [4.69, 9.17) is 9.84 Å². The van der Waals surface area contributed by atoms with Gasteiger partial charge in [0.2, 0.25) is 5.91 Å². The highest BCUT2D eigenvalue weighted by molar-refractivity contribution is 5.93. The first kappa shape index (κ1) is 15.5. The molecule has 1 aromatic carbocycles. The summed E-state index contributed by atoms with van der Waals surface area (Å²) in [6.07, 6.45) is 0.946. The Morgan fingerprint density at radius 2 is 2.11 bits per heavy atom. The highest BCUT2D eigenvalue weighted by Crippen LogP contribution is 2.22. The number of nitrogens with zero attached hydrogens (tertiary/aromatic N) is 1.